The monoisotopic (exact) mass is 306 g/mol. The van der Waals surface area contributed by atoms with Gasteiger partial charge < -0.3 is 15.2 Å². The number of nitrogens with zero attached hydrogens (tertiary/aromatic N) is 1. The molecule has 0 aliphatic heterocycles. The number of anilines is 1. The maximum absolute atomic E-state index is 11.1. The number of aromatic carboxylic acids is 1. The quantitative estimate of drug-likeness (QED) is 0.858. The van der Waals surface area contributed by atoms with Crippen LogP contribution < -0.4 is 10.1 Å². The summed E-state index contributed by atoms with van der Waals surface area (Å²) in [7, 11) is 1.62. The first kappa shape index (κ1) is 15.1. The maximum Gasteiger partial charge on any atom is 0.356 e. The molecule has 0 saturated heterocycles. The van der Waals surface area contributed by atoms with E-state index in [4.69, 9.17) is 21.4 Å². The first-order chi connectivity index (χ1) is 10.1. The number of benzene rings is 1. The van der Waals surface area contributed by atoms with E-state index < -0.39 is 5.97 Å². The van der Waals surface area contributed by atoms with Gasteiger partial charge >= 0.3 is 5.97 Å². The van der Waals surface area contributed by atoms with Gasteiger partial charge in [-0.25, -0.2) is 9.78 Å². The van der Waals surface area contributed by atoms with Crippen LogP contribution in [0.2, 0.25) is 5.02 Å². The van der Waals surface area contributed by atoms with Gasteiger partial charge in [0.1, 0.15) is 5.75 Å². The second-order valence-corrected chi connectivity index (χ2v) is 4.82. The number of rotatable bonds is 6. The number of nitrogens with one attached hydrogen (secondary N) is 1. The lowest BCUT2D eigenvalue weighted by Gasteiger charge is -2.09. The minimum Gasteiger partial charge on any atom is -0.497 e. The maximum atomic E-state index is 11.1. The van der Waals surface area contributed by atoms with Crippen molar-refractivity contribution in [3.63, 3.8) is 0 Å². The van der Waals surface area contributed by atoms with Gasteiger partial charge in [0.05, 0.1) is 17.8 Å². The summed E-state index contributed by atoms with van der Waals surface area (Å²) in [5, 5.41) is 12.5. The van der Waals surface area contributed by atoms with E-state index in [1.54, 1.807) is 13.2 Å². The van der Waals surface area contributed by atoms with E-state index in [0.29, 0.717) is 17.3 Å². The smallest absolute Gasteiger partial charge is 0.356 e. The number of carbonyl (C=O) groups is 1. The molecule has 2 N–H and O–H groups in total. The van der Waals surface area contributed by atoms with Gasteiger partial charge in [-0.15, -0.1) is 0 Å². The molecule has 21 heavy (non-hydrogen) atoms. The molecular formula is C15H15ClN2O3. The number of halogens is 1. The van der Waals surface area contributed by atoms with Crippen molar-refractivity contribution in [2.75, 3.05) is 19.0 Å². The highest BCUT2D eigenvalue weighted by atomic mass is 35.5. The Morgan fingerprint density at radius 2 is 2.10 bits per heavy atom. The number of hydrogen-bond donors (Lipinski definition) is 2. The molecule has 1 heterocycles. The molecule has 2 aromatic rings. The SMILES string of the molecule is COc1ccc(CCNc2cc(Cl)cnc2C(=O)O)cc1. The number of pyridine rings is 1. The van der Waals surface area contributed by atoms with Gasteiger partial charge in [0, 0.05) is 12.7 Å². The van der Waals surface area contributed by atoms with Crippen molar-refractivity contribution in [2.24, 2.45) is 0 Å². The third kappa shape index (κ3) is 4.10. The molecule has 0 bridgehead atoms. The molecule has 0 saturated carbocycles. The summed E-state index contributed by atoms with van der Waals surface area (Å²) in [6.07, 6.45) is 2.06. The van der Waals surface area contributed by atoms with Crippen molar-refractivity contribution in [1.29, 1.82) is 0 Å². The van der Waals surface area contributed by atoms with Crippen LogP contribution in [0.3, 0.4) is 0 Å². The molecule has 0 atom stereocenters. The summed E-state index contributed by atoms with van der Waals surface area (Å²) >= 11 is 5.84. The molecule has 1 aromatic carbocycles. The molecule has 1 aromatic heterocycles. The minimum atomic E-state index is -1.08. The lowest BCUT2D eigenvalue weighted by atomic mass is 10.1. The van der Waals surface area contributed by atoms with Crippen LogP contribution in [-0.4, -0.2) is 29.7 Å². The summed E-state index contributed by atoms with van der Waals surface area (Å²) in [6, 6.07) is 9.27. The molecule has 0 fully saturated rings. The Morgan fingerprint density at radius 1 is 1.38 bits per heavy atom. The van der Waals surface area contributed by atoms with Crippen molar-refractivity contribution in [2.45, 2.75) is 6.42 Å². The summed E-state index contributed by atoms with van der Waals surface area (Å²) in [5.74, 6) is -0.280. The molecule has 0 aliphatic rings. The fourth-order valence-corrected chi connectivity index (χ4v) is 2.04. The zero-order valence-electron chi connectivity index (χ0n) is 11.5. The van der Waals surface area contributed by atoms with E-state index in [9.17, 15) is 4.79 Å². The number of carboxylic acids is 1. The van der Waals surface area contributed by atoms with E-state index in [1.165, 1.54) is 6.20 Å². The van der Waals surface area contributed by atoms with Gasteiger partial charge in [0.15, 0.2) is 5.69 Å². The van der Waals surface area contributed by atoms with Crippen LogP contribution in [0.5, 0.6) is 5.75 Å². The van der Waals surface area contributed by atoms with Crippen molar-refractivity contribution in [3.05, 3.63) is 52.8 Å². The fraction of sp³-hybridized carbons (Fsp3) is 0.200. The third-order valence-electron chi connectivity index (χ3n) is 2.95. The highest BCUT2D eigenvalue weighted by Crippen LogP contribution is 2.19. The molecule has 0 amide bonds. The molecule has 6 heteroatoms. The molecule has 5 nitrogen and oxygen atoms in total. The predicted octanol–water partition coefficient (Wildman–Crippen LogP) is 3.10. The Labute approximate surface area is 127 Å². The number of aromatic nitrogens is 1. The van der Waals surface area contributed by atoms with E-state index in [-0.39, 0.29) is 5.69 Å². The predicted molar refractivity (Wildman–Crippen MR) is 81.4 cm³/mol. The van der Waals surface area contributed by atoms with Crippen molar-refractivity contribution >= 4 is 23.3 Å². The third-order valence-corrected chi connectivity index (χ3v) is 3.15. The van der Waals surface area contributed by atoms with E-state index >= 15 is 0 Å². The Balaban J connectivity index is 1.99. The Kier molecular flexibility index (Phi) is 5.00. The second kappa shape index (κ2) is 6.95. The summed E-state index contributed by atoms with van der Waals surface area (Å²) in [6.45, 7) is 0.578. The van der Waals surface area contributed by atoms with Crippen molar-refractivity contribution < 1.29 is 14.6 Å². The average Bonchev–Trinajstić information content (AvgIpc) is 2.48. The van der Waals surface area contributed by atoms with E-state index in [1.807, 2.05) is 24.3 Å². The molecule has 0 spiro atoms. The highest BCUT2D eigenvalue weighted by Gasteiger charge is 2.11. The zero-order chi connectivity index (χ0) is 15.2. The van der Waals surface area contributed by atoms with Crippen molar-refractivity contribution in [3.8, 4) is 5.75 Å². The minimum absolute atomic E-state index is 0.0332. The number of hydrogen-bond acceptors (Lipinski definition) is 4. The Morgan fingerprint density at radius 3 is 2.71 bits per heavy atom. The molecular weight excluding hydrogens is 292 g/mol. The topological polar surface area (TPSA) is 71.5 Å². The van der Waals surface area contributed by atoms with Crippen LogP contribution in [0.4, 0.5) is 5.69 Å². The lowest BCUT2D eigenvalue weighted by molar-refractivity contribution is 0.0691. The zero-order valence-corrected chi connectivity index (χ0v) is 12.2. The van der Waals surface area contributed by atoms with Crippen LogP contribution in [0, 0.1) is 0 Å². The summed E-state index contributed by atoms with van der Waals surface area (Å²) in [4.78, 5) is 14.9. The average molecular weight is 307 g/mol. The van der Waals surface area contributed by atoms with Gasteiger partial charge in [0.2, 0.25) is 0 Å². The van der Waals surface area contributed by atoms with Gasteiger partial charge in [-0.2, -0.15) is 0 Å². The van der Waals surface area contributed by atoms with Crippen LogP contribution >= 0.6 is 11.6 Å². The first-order valence-electron chi connectivity index (χ1n) is 6.36. The molecule has 0 radical (unpaired) electrons. The highest BCUT2D eigenvalue weighted by molar-refractivity contribution is 6.30. The largest absolute Gasteiger partial charge is 0.497 e. The van der Waals surface area contributed by atoms with Gasteiger partial charge in [0.25, 0.3) is 0 Å². The van der Waals surface area contributed by atoms with Gasteiger partial charge in [-0.05, 0) is 30.2 Å². The van der Waals surface area contributed by atoms with E-state index in [0.717, 1.165) is 17.7 Å². The Bertz CT molecular complexity index is 629. The first-order valence-corrected chi connectivity index (χ1v) is 6.73. The molecule has 0 unspecified atom stereocenters. The van der Waals surface area contributed by atoms with Crippen LogP contribution in [-0.2, 0) is 6.42 Å². The molecule has 110 valence electrons. The van der Waals surface area contributed by atoms with E-state index in [2.05, 4.69) is 10.3 Å². The normalized spacial score (nSPS) is 10.2. The van der Waals surface area contributed by atoms with Crippen molar-refractivity contribution in [1.82, 2.24) is 4.98 Å². The summed E-state index contributed by atoms with van der Waals surface area (Å²) < 4.78 is 5.09. The van der Waals surface area contributed by atoms with Crippen LogP contribution in [0.15, 0.2) is 36.5 Å². The fourth-order valence-electron chi connectivity index (χ4n) is 1.88. The Hall–Kier alpha value is -2.27. The number of ether oxygens (including phenoxy) is 1. The van der Waals surface area contributed by atoms with Crippen LogP contribution in [0.1, 0.15) is 16.1 Å². The standard InChI is InChI=1S/C15H15ClN2O3/c1-21-12-4-2-10(3-5-12)6-7-17-13-8-11(16)9-18-14(13)15(19)20/h2-5,8-9,17H,6-7H2,1H3,(H,19,20). The number of methoxy groups -OCH3 is 1. The molecule has 0 aliphatic carbocycles. The van der Waals surface area contributed by atoms with Gasteiger partial charge in [-0.3, -0.25) is 0 Å². The van der Waals surface area contributed by atoms with Crippen LogP contribution in [0.25, 0.3) is 0 Å². The summed E-state index contributed by atoms with van der Waals surface area (Å²) in [5.41, 5.74) is 1.51. The second-order valence-electron chi connectivity index (χ2n) is 4.38. The van der Waals surface area contributed by atoms with Gasteiger partial charge in [-0.1, -0.05) is 23.7 Å². The lowest BCUT2D eigenvalue weighted by Crippen LogP contribution is -2.11. The number of carboxylic acid groups (broad SMARTS) is 1. The molecule has 2 rings (SSSR count).